The number of hydrogen-bond acceptors (Lipinski definition) is 1. The van der Waals surface area contributed by atoms with Crippen LogP contribution in [0.15, 0.2) is 24.3 Å². The van der Waals surface area contributed by atoms with Gasteiger partial charge in [0.05, 0.1) is 5.92 Å². The number of rotatable bonds is 2. The van der Waals surface area contributed by atoms with Crippen LogP contribution in [-0.2, 0) is 5.92 Å². The third kappa shape index (κ3) is 1.50. The molecular formula is C10H10F3N. The molecule has 1 aromatic carbocycles. The van der Waals surface area contributed by atoms with Crippen LogP contribution in [0.25, 0.3) is 0 Å². The maximum atomic E-state index is 13.6. The molecule has 0 aromatic heterocycles. The van der Waals surface area contributed by atoms with Crippen molar-refractivity contribution in [3.8, 4) is 0 Å². The second-order valence-corrected chi connectivity index (χ2v) is 3.49. The highest BCUT2D eigenvalue weighted by molar-refractivity contribution is 5.22. The van der Waals surface area contributed by atoms with E-state index in [0.29, 0.717) is 13.1 Å². The van der Waals surface area contributed by atoms with E-state index in [1.54, 1.807) is 0 Å². The summed E-state index contributed by atoms with van der Waals surface area (Å²) in [5, 5.41) is 2.79. The largest absolute Gasteiger partial charge is 0.316 e. The van der Waals surface area contributed by atoms with Crippen LogP contribution in [0.5, 0.6) is 0 Å². The number of halogens is 3. The zero-order valence-corrected chi connectivity index (χ0v) is 7.43. The van der Waals surface area contributed by atoms with Gasteiger partial charge in [-0.15, -0.1) is 0 Å². The van der Waals surface area contributed by atoms with E-state index >= 15 is 0 Å². The molecule has 0 unspecified atom stereocenters. The summed E-state index contributed by atoms with van der Waals surface area (Å²) < 4.78 is 39.7. The van der Waals surface area contributed by atoms with E-state index in [1.165, 1.54) is 0 Å². The number of nitrogens with one attached hydrogen (secondary N) is 1. The van der Waals surface area contributed by atoms with E-state index in [-0.39, 0.29) is 5.56 Å². The lowest BCUT2D eigenvalue weighted by molar-refractivity contribution is -0.0834. The van der Waals surface area contributed by atoms with Crippen LogP contribution in [0.4, 0.5) is 13.2 Å². The summed E-state index contributed by atoms with van der Waals surface area (Å²) >= 11 is 0. The standard InChI is InChI=1S/C10H10F3N/c11-9-3-1-7(2-4-9)10(12,13)8-5-14-6-8/h1-4,8,14H,5-6H2. The Bertz CT molecular complexity index is 317. The van der Waals surface area contributed by atoms with Crippen LogP contribution in [-0.4, -0.2) is 13.1 Å². The zero-order valence-electron chi connectivity index (χ0n) is 7.43. The van der Waals surface area contributed by atoms with Crippen molar-refractivity contribution >= 4 is 0 Å². The van der Waals surface area contributed by atoms with Gasteiger partial charge in [-0.1, -0.05) is 12.1 Å². The van der Waals surface area contributed by atoms with Crippen LogP contribution >= 0.6 is 0 Å². The van der Waals surface area contributed by atoms with Gasteiger partial charge in [-0.2, -0.15) is 0 Å². The molecule has 1 nitrogen and oxygen atoms in total. The first-order chi connectivity index (χ1) is 6.60. The van der Waals surface area contributed by atoms with Crippen LogP contribution in [0.1, 0.15) is 5.56 Å². The van der Waals surface area contributed by atoms with Gasteiger partial charge in [0.1, 0.15) is 5.82 Å². The third-order valence-electron chi connectivity index (χ3n) is 2.52. The summed E-state index contributed by atoms with van der Waals surface area (Å²) in [5.74, 6) is -4.00. The Hall–Kier alpha value is -1.03. The minimum absolute atomic E-state index is 0.106. The van der Waals surface area contributed by atoms with Crippen molar-refractivity contribution in [2.24, 2.45) is 5.92 Å². The lowest BCUT2D eigenvalue weighted by atomic mass is 9.90. The minimum atomic E-state index is -2.85. The molecular weight excluding hydrogens is 191 g/mol. The lowest BCUT2D eigenvalue weighted by Gasteiger charge is -2.34. The fraction of sp³-hybridized carbons (Fsp3) is 0.400. The quantitative estimate of drug-likeness (QED) is 0.773. The summed E-state index contributed by atoms with van der Waals surface area (Å²) in [7, 11) is 0. The summed E-state index contributed by atoms with van der Waals surface area (Å²) in [5.41, 5.74) is -0.106. The molecule has 1 aliphatic rings. The zero-order chi connectivity index (χ0) is 10.2. The molecule has 1 fully saturated rings. The van der Waals surface area contributed by atoms with E-state index in [4.69, 9.17) is 0 Å². The first-order valence-electron chi connectivity index (χ1n) is 4.45. The Balaban J connectivity index is 2.23. The Morgan fingerprint density at radius 3 is 2.14 bits per heavy atom. The van der Waals surface area contributed by atoms with Crippen molar-refractivity contribution in [1.82, 2.24) is 5.32 Å². The van der Waals surface area contributed by atoms with E-state index in [9.17, 15) is 13.2 Å². The third-order valence-corrected chi connectivity index (χ3v) is 2.52. The molecule has 2 rings (SSSR count). The van der Waals surface area contributed by atoms with E-state index in [2.05, 4.69) is 5.32 Å². The molecule has 1 aliphatic heterocycles. The van der Waals surface area contributed by atoms with E-state index in [1.807, 2.05) is 0 Å². The van der Waals surface area contributed by atoms with Gasteiger partial charge in [-0.25, -0.2) is 13.2 Å². The SMILES string of the molecule is Fc1ccc(C(F)(F)C2CNC2)cc1. The molecule has 4 heteroatoms. The van der Waals surface area contributed by atoms with Crippen LogP contribution in [0.2, 0.25) is 0 Å². The van der Waals surface area contributed by atoms with Gasteiger partial charge in [-0.05, 0) is 12.1 Å². The van der Waals surface area contributed by atoms with Gasteiger partial charge in [-0.3, -0.25) is 0 Å². The molecule has 0 amide bonds. The van der Waals surface area contributed by atoms with Gasteiger partial charge in [0.2, 0.25) is 0 Å². The predicted molar refractivity (Wildman–Crippen MR) is 46.7 cm³/mol. The Morgan fingerprint density at radius 1 is 1.14 bits per heavy atom. The fourth-order valence-electron chi connectivity index (χ4n) is 1.45. The fourth-order valence-corrected chi connectivity index (χ4v) is 1.45. The number of alkyl halides is 2. The second-order valence-electron chi connectivity index (χ2n) is 3.49. The molecule has 0 aliphatic carbocycles. The second kappa shape index (κ2) is 3.28. The molecule has 1 aromatic rings. The van der Waals surface area contributed by atoms with Gasteiger partial charge in [0.15, 0.2) is 0 Å². The van der Waals surface area contributed by atoms with Crippen molar-refractivity contribution in [3.63, 3.8) is 0 Å². The van der Waals surface area contributed by atoms with Gasteiger partial charge in [0, 0.05) is 18.7 Å². The smallest absolute Gasteiger partial charge is 0.278 e. The molecule has 0 atom stereocenters. The summed E-state index contributed by atoms with van der Waals surface area (Å²) in [4.78, 5) is 0. The van der Waals surface area contributed by atoms with Crippen LogP contribution in [0, 0.1) is 11.7 Å². The topological polar surface area (TPSA) is 12.0 Å². The average Bonchev–Trinajstić information content (AvgIpc) is 2.00. The molecule has 0 bridgehead atoms. The average molecular weight is 201 g/mol. The summed E-state index contributed by atoms with van der Waals surface area (Å²) in [6, 6.07) is 4.42. The normalized spacial score (nSPS) is 17.9. The van der Waals surface area contributed by atoms with Crippen LogP contribution < -0.4 is 5.32 Å². The first kappa shape index (κ1) is 9.52. The monoisotopic (exact) mass is 201 g/mol. The van der Waals surface area contributed by atoms with Crippen molar-refractivity contribution in [2.75, 3.05) is 13.1 Å². The molecule has 1 heterocycles. The number of hydrogen-bond donors (Lipinski definition) is 1. The van der Waals surface area contributed by atoms with Crippen LogP contribution in [0.3, 0.4) is 0 Å². The summed E-state index contributed by atoms with van der Waals surface area (Å²) in [6.45, 7) is 0.648. The molecule has 0 saturated carbocycles. The number of benzene rings is 1. The van der Waals surface area contributed by atoms with E-state index in [0.717, 1.165) is 24.3 Å². The van der Waals surface area contributed by atoms with Gasteiger partial charge in [0.25, 0.3) is 5.92 Å². The molecule has 0 spiro atoms. The molecule has 14 heavy (non-hydrogen) atoms. The van der Waals surface area contributed by atoms with Crippen molar-refractivity contribution < 1.29 is 13.2 Å². The molecule has 1 saturated heterocycles. The lowest BCUT2D eigenvalue weighted by Crippen LogP contribution is -2.50. The van der Waals surface area contributed by atoms with Crippen molar-refractivity contribution in [3.05, 3.63) is 35.6 Å². The maximum absolute atomic E-state index is 13.6. The molecule has 1 N–H and O–H groups in total. The van der Waals surface area contributed by atoms with Crippen molar-refractivity contribution in [2.45, 2.75) is 5.92 Å². The maximum Gasteiger partial charge on any atom is 0.278 e. The minimum Gasteiger partial charge on any atom is -0.316 e. The highest BCUT2D eigenvalue weighted by Gasteiger charge is 2.44. The molecule has 0 radical (unpaired) electrons. The Labute approximate surface area is 79.9 Å². The predicted octanol–water partition coefficient (Wildman–Crippen LogP) is 2.14. The molecule has 76 valence electrons. The summed E-state index contributed by atoms with van der Waals surface area (Å²) in [6.07, 6.45) is 0. The van der Waals surface area contributed by atoms with Crippen molar-refractivity contribution in [1.29, 1.82) is 0 Å². The first-order valence-corrected chi connectivity index (χ1v) is 4.45. The van der Waals surface area contributed by atoms with E-state index < -0.39 is 17.7 Å². The Kier molecular flexibility index (Phi) is 2.23. The Morgan fingerprint density at radius 2 is 1.71 bits per heavy atom. The van der Waals surface area contributed by atoms with Gasteiger partial charge < -0.3 is 5.32 Å². The highest BCUT2D eigenvalue weighted by atomic mass is 19.3. The highest BCUT2D eigenvalue weighted by Crippen LogP contribution is 2.37. The van der Waals surface area contributed by atoms with Gasteiger partial charge >= 0.3 is 0 Å².